The average Bonchev–Trinajstić information content (AvgIpc) is 3.11. The first kappa shape index (κ1) is 13.6. The van der Waals surface area contributed by atoms with Crippen molar-refractivity contribution in [3.8, 4) is 0 Å². The van der Waals surface area contributed by atoms with Crippen LogP contribution in [0.25, 0.3) is 5.65 Å². The lowest BCUT2D eigenvalue weighted by Gasteiger charge is -2.20. The molecule has 0 fully saturated rings. The maximum absolute atomic E-state index is 4.58. The highest BCUT2D eigenvalue weighted by molar-refractivity contribution is 5.50. The third-order valence-corrected chi connectivity index (χ3v) is 3.64. The van der Waals surface area contributed by atoms with E-state index in [4.69, 9.17) is 0 Å². The summed E-state index contributed by atoms with van der Waals surface area (Å²) in [7, 11) is 4.03. The fourth-order valence-corrected chi connectivity index (χ4v) is 2.41. The summed E-state index contributed by atoms with van der Waals surface area (Å²) >= 11 is 0. The van der Waals surface area contributed by atoms with Crippen LogP contribution in [0.3, 0.4) is 0 Å². The van der Waals surface area contributed by atoms with Crippen LogP contribution in [0.2, 0.25) is 0 Å². The van der Waals surface area contributed by atoms with Gasteiger partial charge in [-0.05, 0) is 18.4 Å². The molecule has 0 saturated heterocycles. The molecule has 0 amide bonds. The molecule has 0 atom stereocenters. The Morgan fingerprint density at radius 3 is 2.86 bits per heavy atom. The minimum absolute atomic E-state index is 0.901. The third kappa shape index (κ3) is 2.74. The number of aryl methyl sites for hydroxylation is 2. The first-order valence-corrected chi connectivity index (χ1v) is 7.19. The van der Waals surface area contributed by atoms with Gasteiger partial charge in [0.2, 0.25) is 0 Å². The minimum atomic E-state index is 0.901. The molecule has 0 aliphatic rings. The van der Waals surface area contributed by atoms with Crippen LogP contribution in [0.1, 0.15) is 18.2 Å². The molecule has 3 aromatic heterocycles. The fourth-order valence-electron chi connectivity index (χ4n) is 2.41. The molecule has 3 rings (SSSR count). The van der Waals surface area contributed by atoms with Crippen molar-refractivity contribution in [3.63, 3.8) is 0 Å². The van der Waals surface area contributed by atoms with Crippen LogP contribution in [0.4, 0.5) is 5.82 Å². The van der Waals surface area contributed by atoms with E-state index in [1.54, 1.807) is 6.20 Å². The number of fused-ring (bicyclic) bond motifs is 1. The molecule has 6 nitrogen and oxygen atoms in total. The highest BCUT2D eigenvalue weighted by atomic mass is 15.3. The Hall–Kier alpha value is -2.37. The minimum Gasteiger partial charge on any atom is -0.359 e. The number of likely N-dealkylation sites (N-methyl/N-ethyl adjacent to an activating group) is 1. The second kappa shape index (κ2) is 5.55. The lowest BCUT2D eigenvalue weighted by molar-refractivity contribution is 0.765. The molecule has 0 saturated carbocycles. The third-order valence-electron chi connectivity index (χ3n) is 3.64. The first-order valence-electron chi connectivity index (χ1n) is 7.19. The van der Waals surface area contributed by atoms with E-state index in [9.17, 15) is 0 Å². The Kier molecular flexibility index (Phi) is 3.60. The fraction of sp³-hybridized carbons (Fsp3) is 0.400. The van der Waals surface area contributed by atoms with Gasteiger partial charge in [0.1, 0.15) is 5.82 Å². The van der Waals surface area contributed by atoms with Crippen molar-refractivity contribution in [2.24, 2.45) is 7.05 Å². The van der Waals surface area contributed by atoms with Gasteiger partial charge in [-0.15, -0.1) is 0 Å². The van der Waals surface area contributed by atoms with E-state index < -0.39 is 0 Å². The van der Waals surface area contributed by atoms with Gasteiger partial charge in [-0.25, -0.2) is 4.98 Å². The molecule has 0 aliphatic carbocycles. The normalized spacial score (nSPS) is 11.2. The van der Waals surface area contributed by atoms with Gasteiger partial charge < -0.3 is 4.90 Å². The van der Waals surface area contributed by atoms with Crippen LogP contribution < -0.4 is 4.90 Å². The van der Waals surface area contributed by atoms with Crippen molar-refractivity contribution < 1.29 is 0 Å². The molecule has 0 spiro atoms. The van der Waals surface area contributed by atoms with Crippen molar-refractivity contribution >= 4 is 11.5 Å². The Bertz CT molecular complexity index is 742. The van der Waals surface area contributed by atoms with Gasteiger partial charge in [-0.2, -0.15) is 14.7 Å². The second-order valence-electron chi connectivity index (χ2n) is 5.25. The molecule has 0 radical (unpaired) electrons. The van der Waals surface area contributed by atoms with E-state index in [1.807, 2.05) is 28.5 Å². The van der Waals surface area contributed by atoms with Crippen LogP contribution in [0, 0.1) is 0 Å². The van der Waals surface area contributed by atoms with Crippen molar-refractivity contribution in [1.82, 2.24) is 24.4 Å². The van der Waals surface area contributed by atoms with Crippen LogP contribution >= 0.6 is 0 Å². The Balaban J connectivity index is 1.83. The molecule has 0 aliphatic heterocycles. The largest absolute Gasteiger partial charge is 0.359 e. The number of hydrogen-bond acceptors (Lipinski definition) is 4. The van der Waals surface area contributed by atoms with Crippen molar-refractivity contribution in [3.05, 3.63) is 42.0 Å². The summed E-state index contributed by atoms with van der Waals surface area (Å²) in [5.41, 5.74) is 3.23. The highest BCUT2D eigenvalue weighted by Crippen LogP contribution is 2.16. The molecule has 0 bridgehead atoms. The summed E-state index contributed by atoms with van der Waals surface area (Å²) < 4.78 is 3.73. The Morgan fingerprint density at radius 1 is 1.29 bits per heavy atom. The average molecular weight is 284 g/mol. The highest BCUT2D eigenvalue weighted by Gasteiger charge is 2.10. The van der Waals surface area contributed by atoms with E-state index >= 15 is 0 Å². The zero-order chi connectivity index (χ0) is 14.8. The summed E-state index contributed by atoms with van der Waals surface area (Å²) in [5, 5.41) is 8.58. The van der Waals surface area contributed by atoms with Crippen molar-refractivity contribution in [2.45, 2.75) is 19.8 Å². The van der Waals surface area contributed by atoms with Crippen LogP contribution in [0.5, 0.6) is 0 Å². The molecular formula is C15H20N6. The maximum atomic E-state index is 4.58. The summed E-state index contributed by atoms with van der Waals surface area (Å²) in [4.78, 5) is 6.79. The quantitative estimate of drug-likeness (QED) is 0.715. The SMILES string of the molecule is CCc1cc(N(C)CCc2cnn(C)c2)n2nccc2n1. The predicted octanol–water partition coefficient (Wildman–Crippen LogP) is 1.70. The molecule has 0 N–H and O–H groups in total. The summed E-state index contributed by atoms with van der Waals surface area (Å²) in [6, 6.07) is 4.06. The molecule has 0 unspecified atom stereocenters. The van der Waals surface area contributed by atoms with E-state index in [-0.39, 0.29) is 0 Å². The van der Waals surface area contributed by atoms with E-state index in [0.29, 0.717) is 0 Å². The van der Waals surface area contributed by atoms with Gasteiger partial charge in [0.15, 0.2) is 5.65 Å². The van der Waals surface area contributed by atoms with Crippen molar-refractivity contribution in [1.29, 1.82) is 0 Å². The van der Waals surface area contributed by atoms with Crippen LogP contribution in [0.15, 0.2) is 30.7 Å². The van der Waals surface area contributed by atoms with Gasteiger partial charge in [-0.3, -0.25) is 4.68 Å². The predicted molar refractivity (Wildman–Crippen MR) is 82.5 cm³/mol. The molecular weight excluding hydrogens is 264 g/mol. The van der Waals surface area contributed by atoms with Gasteiger partial charge in [0.25, 0.3) is 0 Å². The zero-order valence-corrected chi connectivity index (χ0v) is 12.7. The Morgan fingerprint density at radius 2 is 2.14 bits per heavy atom. The van der Waals surface area contributed by atoms with Gasteiger partial charge in [-0.1, -0.05) is 6.92 Å². The standard InChI is InChI=1S/C15H20N6/c1-4-13-9-15(21-14(18-13)5-7-16-21)19(2)8-6-12-10-17-20(3)11-12/h5,7,9-11H,4,6,8H2,1-3H3. The van der Waals surface area contributed by atoms with E-state index in [2.05, 4.69) is 46.3 Å². The smallest absolute Gasteiger partial charge is 0.157 e. The second-order valence-corrected chi connectivity index (χ2v) is 5.25. The van der Waals surface area contributed by atoms with Crippen molar-refractivity contribution in [2.75, 3.05) is 18.5 Å². The van der Waals surface area contributed by atoms with E-state index in [0.717, 1.165) is 36.5 Å². The van der Waals surface area contributed by atoms with Crippen LogP contribution in [-0.4, -0.2) is 38.0 Å². The van der Waals surface area contributed by atoms with E-state index in [1.165, 1.54) is 5.56 Å². The molecule has 3 heterocycles. The summed E-state index contributed by atoms with van der Waals surface area (Å²) in [6.45, 7) is 3.03. The van der Waals surface area contributed by atoms with Gasteiger partial charge in [0, 0.05) is 44.7 Å². The van der Waals surface area contributed by atoms with Crippen LogP contribution in [-0.2, 0) is 19.9 Å². The molecule has 110 valence electrons. The van der Waals surface area contributed by atoms with Gasteiger partial charge >= 0.3 is 0 Å². The summed E-state index contributed by atoms with van der Waals surface area (Å²) in [5.74, 6) is 1.07. The lowest BCUT2D eigenvalue weighted by Crippen LogP contribution is -2.23. The number of nitrogens with zero attached hydrogens (tertiary/aromatic N) is 6. The number of rotatable bonds is 5. The number of anilines is 1. The lowest BCUT2D eigenvalue weighted by atomic mass is 10.2. The molecule has 0 aromatic carbocycles. The number of aromatic nitrogens is 5. The topological polar surface area (TPSA) is 51.2 Å². The first-order chi connectivity index (χ1) is 10.2. The van der Waals surface area contributed by atoms with Gasteiger partial charge in [0.05, 0.1) is 12.4 Å². The zero-order valence-electron chi connectivity index (χ0n) is 12.7. The Labute approximate surface area is 124 Å². The molecule has 21 heavy (non-hydrogen) atoms. The monoisotopic (exact) mass is 284 g/mol. The maximum Gasteiger partial charge on any atom is 0.157 e. The molecule has 3 aromatic rings. The number of hydrogen-bond donors (Lipinski definition) is 0. The molecule has 6 heteroatoms. The summed E-state index contributed by atoms with van der Waals surface area (Å²) in [6.07, 6.45) is 7.64.